The number of nitrogens with one attached hydrogen (secondary N) is 4. The van der Waals surface area contributed by atoms with Crippen LogP contribution in [0.15, 0.2) is 54.6 Å². The molecule has 1 fully saturated rings. The second-order valence-electron chi connectivity index (χ2n) is 14.1. The second-order valence-corrected chi connectivity index (χ2v) is 15.1. The molecule has 1 aliphatic heterocycles. The fourth-order valence-corrected chi connectivity index (χ4v) is 6.56. The third-order valence-electron chi connectivity index (χ3n) is 8.91. The fraction of sp³-hybridized carbons (Fsp3) is 0.488. The number of carbonyl (C=O) groups is 9. The molecule has 0 aromatic heterocycles. The van der Waals surface area contributed by atoms with E-state index in [4.69, 9.17) is 34.2 Å². The first kappa shape index (κ1) is 51.1. The van der Waals surface area contributed by atoms with Crippen molar-refractivity contribution in [2.75, 3.05) is 31.7 Å². The number of phenolic OH excluding ortho intramolecular Hbond substituents is 1. The van der Waals surface area contributed by atoms with Gasteiger partial charge in [0, 0.05) is 34.1 Å². The Morgan fingerprint density at radius 2 is 1.25 bits per heavy atom. The highest BCUT2D eigenvalue weighted by Crippen LogP contribution is 2.30. The Morgan fingerprint density at radius 1 is 0.683 bits per heavy atom. The van der Waals surface area contributed by atoms with Crippen molar-refractivity contribution in [1.82, 2.24) is 21.3 Å². The number of rotatable bonds is 22. The van der Waals surface area contributed by atoms with Gasteiger partial charge in [0.25, 0.3) is 0 Å². The average molecular weight is 904 g/mol. The topological polar surface area (TPSA) is 303 Å². The summed E-state index contributed by atoms with van der Waals surface area (Å²) in [6, 6.07) is 11.1. The molecule has 1 heterocycles. The highest BCUT2D eigenvalue weighted by Gasteiger charge is 2.53. The van der Waals surface area contributed by atoms with Crippen LogP contribution < -0.4 is 27.0 Å². The molecule has 7 N–H and O–H groups in total. The van der Waals surface area contributed by atoms with Gasteiger partial charge in [-0.05, 0) is 48.1 Å². The van der Waals surface area contributed by atoms with E-state index in [0.717, 1.165) is 27.7 Å². The van der Waals surface area contributed by atoms with Gasteiger partial charge in [0.15, 0.2) is 12.2 Å². The lowest BCUT2D eigenvalue weighted by Gasteiger charge is -2.43. The van der Waals surface area contributed by atoms with Crippen molar-refractivity contribution in [3.8, 4) is 5.75 Å². The molecule has 3 rings (SSSR count). The van der Waals surface area contributed by atoms with Gasteiger partial charge in [-0.1, -0.05) is 42.5 Å². The monoisotopic (exact) mass is 903 g/mol. The molecule has 0 saturated carbocycles. The van der Waals surface area contributed by atoms with Crippen molar-refractivity contribution < 1.29 is 76.7 Å². The Labute approximate surface area is 367 Å². The predicted molar refractivity (Wildman–Crippen MR) is 221 cm³/mol. The zero-order valence-corrected chi connectivity index (χ0v) is 36.1. The molecule has 2 aromatic carbocycles. The first-order valence-corrected chi connectivity index (χ1v) is 21.0. The summed E-state index contributed by atoms with van der Waals surface area (Å²) in [5.41, 5.74) is 7.27. The van der Waals surface area contributed by atoms with Gasteiger partial charge in [0.1, 0.15) is 30.5 Å². The molecule has 0 unspecified atom stereocenters. The molecule has 63 heavy (non-hydrogen) atoms. The molecule has 344 valence electrons. The lowest BCUT2D eigenvalue weighted by Crippen LogP contribution is -2.63. The van der Waals surface area contributed by atoms with Gasteiger partial charge >= 0.3 is 29.8 Å². The van der Waals surface area contributed by atoms with E-state index >= 15 is 0 Å². The van der Waals surface area contributed by atoms with Crippen LogP contribution in [0, 0.1) is 0 Å². The number of benzene rings is 2. The average Bonchev–Trinajstić information content (AvgIpc) is 3.22. The number of ether oxygens (including phenoxy) is 6. The highest BCUT2D eigenvalue weighted by molar-refractivity contribution is 7.98. The van der Waals surface area contributed by atoms with Gasteiger partial charge in [-0.25, -0.2) is 4.79 Å². The molecular weight excluding hydrogens is 851 g/mol. The van der Waals surface area contributed by atoms with Crippen LogP contribution in [0.2, 0.25) is 0 Å². The summed E-state index contributed by atoms with van der Waals surface area (Å²) in [5, 5.41) is 19.4. The summed E-state index contributed by atoms with van der Waals surface area (Å²) in [7, 11) is 0. The molecule has 21 nitrogen and oxygen atoms in total. The maximum absolute atomic E-state index is 13.9. The van der Waals surface area contributed by atoms with Crippen molar-refractivity contribution in [2.24, 2.45) is 5.73 Å². The van der Waals surface area contributed by atoms with Crippen LogP contribution >= 0.6 is 11.8 Å². The van der Waals surface area contributed by atoms with Crippen molar-refractivity contribution in [3.63, 3.8) is 0 Å². The van der Waals surface area contributed by atoms with E-state index < -0.39 is 122 Å². The van der Waals surface area contributed by atoms with E-state index in [9.17, 15) is 48.3 Å². The van der Waals surface area contributed by atoms with Crippen molar-refractivity contribution in [2.45, 2.75) is 95.8 Å². The quantitative estimate of drug-likeness (QED) is 0.0615. The molecular formula is C41H53N5O16S. The number of aromatic hydroxyl groups is 1. The van der Waals surface area contributed by atoms with Crippen molar-refractivity contribution in [3.05, 3.63) is 65.7 Å². The molecule has 2 aromatic rings. The van der Waals surface area contributed by atoms with E-state index in [0.29, 0.717) is 16.9 Å². The molecule has 0 aliphatic carbocycles. The Morgan fingerprint density at radius 3 is 1.86 bits per heavy atom. The van der Waals surface area contributed by atoms with Crippen LogP contribution in [0.3, 0.4) is 0 Å². The largest absolute Gasteiger partial charge is 0.508 e. The summed E-state index contributed by atoms with van der Waals surface area (Å²) in [5.74, 6) is -7.04. The third-order valence-corrected chi connectivity index (χ3v) is 9.56. The summed E-state index contributed by atoms with van der Waals surface area (Å²) < 4.78 is 32.6. The lowest BCUT2D eigenvalue weighted by atomic mass is 9.98. The number of esters is 5. The second kappa shape index (κ2) is 25.6. The Bertz CT molecular complexity index is 1920. The van der Waals surface area contributed by atoms with Gasteiger partial charge in [-0.2, -0.15) is 11.8 Å². The summed E-state index contributed by atoms with van der Waals surface area (Å²) in [6.45, 7) is 2.35. The molecule has 4 amide bonds. The zero-order valence-electron chi connectivity index (χ0n) is 35.3. The van der Waals surface area contributed by atoms with Crippen molar-refractivity contribution >= 4 is 65.2 Å². The first-order valence-electron chi connectivity index (χ1n) is 19.6. The van der Waals surface area contributed by atoms with Crippen molar-refractivity contribution in [1.29, 1.82) is 0 Å². The maximum Gasteiger partial charge on any atom is 0.328 e. The highest BCUT2D eigenvalue weighted by atomic mass is 32.2. The van der Waals surface area contributed by atoms with E-state index in [-0.39, 0.29) is 25.0 Å². The molecule has 1 saturated heterocycles. The number of phenols is 1. The first-order chi connectivity index (χ1) is 29.9. The van der Waals surface area contributed by atoms with E-state index in [1.54, 1.807) is 48.7 Å². The standard InChI is InChI=1S/C41H53N5O16S/c1-22(47)58-35-32(62-41(61-25(4)50)37(60-24(3)49)36(35)59-23(2)48)21-57-40(56)30(15-16-63-5)46-39(55)31(18-26-9-7-6-8-10-26)45-34(53)20-43-33(52)19-44-38(54)29(42)17-27-11-13-28(51)14-12-27/h6-14,29-32,35-37,41,51H,15-21,42H2,1-5H3,(H,43,52)(H,44,54)(H,45,53)(H,46,55)/t29-,30-,31-,32+,35+,36-,37+,41+/m0/s1. The van der Waals surface area contributed by atoms with Crippen LogP contribution in [0.4, 0.5) is 0 Å². The van der Waals surface area contributed by atoms with Crippen LogP contribution in [-0.4, -0.2) is 139 Å². The molecule has 0 spiro atoms. The fourth-order valence-electron chi connectivity index (χ4n) is 6.09. The van der Waals surface area contributed by atoms with Gasteiger partial charge in [-0.15, -0.1) is 0 Å². The number of nitrogens with two attached hydrogens (primary N) is 1. The van der Waals surface area contributed by atoms with E-state index in [2.05, 4.69) is 21.3 Å². The smallest absolute Gasteiger partial charge is 0.328 e. The predicted octanol–water partition coefficient (Wildman–Crippen LogP) is -0.914. The number of carbonyl (C=O) groups excluding carboxylic acids is 9. The van der Waals surface area contributed by atoms with Gasteiger partial charge < -0.3 is 60.5 Å². The normalized spacial score (nSPS) is 19.4. The van der Waals surface area contributed by atoms with Crippen LogP contribution in [0.25, 0.3) is 0 Å². The molecule has 22 heteroatoms. The molecule has 0 radical (unpaired) electrons. The number of hydrogen-bond donors (Lipinski definition) is 6. The Balaban J connectivity index is 1.71. The summed E-state index contributed by atoms with van der Waals surface area (Å²) >= 11 is 1.35. The number of thioether (sulfide) groups is 1. The van der Waals surface area contributed by atoms with Crippen LogP contribution in [0.1, 0.15) is 45.2 Å². The molecule has 1 aliphatic rings. The molecule has 0 bridgehead atoms. The van der Waals surface area contributed by atoms with E-state index in [1.807, 2.05) is 0 Å². The SMILES string of the molecule is CSCC[C@H](NC(=O)[C@H](Cc1ccccc1)NC(=O)CNC(=O)CNC(=O)[C@@H](N)Cc1ccc(O)cc1)C(=O)OC[C@H]1O[C@@H](OC(C)=O)[C@H](OC(C)=O)[C@@H](OC(C)=O)[C@@H]1OC(C)=O. The minimum atomic E-state index is -1.70. The minimum Gasteiger partial charge on any atom is -0.508 e. The summed E-state index contributed by atoms with van der Waals surface area (Å²) in [4.78, 5) is 114. The number of hydrogen-bond acceptors (Lipinski definition) is 18. The van der Waals surface area contributed by atoms with Gasteiger partial charge in [-0.3, -0.25) is 38.4 Å². The Kier molecular flexibility index (Phi) is 20.8. The lowest BCUT2D eigenvalue weighted by molar-refractivity contribution is -0.300. The minimum absolute atomic E-state index is 0.0375. The zero-order chi connectivity index (χ0) is 46.6. The van der Waals surface area contributed by atoms with Crippen LogP contribution in [-0.2, 0) is 84.4 Å². The van der Waals surface area contributed by atoms with E-state index in [1.165, 1.54) is 23.9 Å². The summed E-state index contributed by atoms with van der Waals surface area (Å²) in [6.07, 6.45) is -6.01. The Hall–Kier alpha value is -6.26. The third kappa shape index (κ3) is 17.9. The van der Waals surface area contributed by atoms with Crippen LogP contribution in [0.5, 0.6) is 5.75 Å². The molecule has 8 atom stereocenters. The number of amides is 4. The van der Waals surface area contributed by atoms with Gasteiger partial charge in [0.05, 0.1) is 19.1 Å². The maximum atomic E-state index is 13.9. The van der Waals surface area contributed by atoms with Gasteiger partial charge in [0.2, 0.25) is 36.0 Å².